The van der Waals surface area contributed by atoms with Gasteiger partial charge in [-0.2, -0.15) is 0 Å². The first-order valence-corrected chi connectivity index (χ1v) is 36.4. The van der Waals surface area contributed by atoms with E-state index in [2.05, 4.69) is 100 Å². The molecule has 0 saturated carbocycles. The van der Waals surface area contributed by atoms with E-state index in [0.717, 1.165) is 52.5 Å². The van der Waals surface area contributed by atoms with Gasteiger partial charge in [-0.1, -0.05) is 102 Å². The molecule has 0 unspecified atom stereocenters. The van der Waals surface area contributed by atoms with E-state index in [1.54, 1.807) is 49.6 Å². The van der Waals surface area contributed by atoms with Crippen molar-refractivity contribution in [2.45, 2.75) is 62.6 Å². The number of ether oxygens (including phenoxy) is 8. The SMILES string of the molecule is COC(=O)c1ccc(C)cc1OC.COc1cc(C)c(Br)cc1C(=O)O.COc1cc(C)c(Br)cc1C(N)=O.COc1cc(C)c(Br)cc1N.COc1cc(C)c(Br)cc1S(=O)(=O)Cl.COc1cc(C)c(Br)cc1S(N)(=O)=O.COc1cc(CC(=O)O)c(Br)cc1S(N)(=O)=O.N.O. The summed E-state index contributed by atoms with van der Waals surface area (Å²) in [5.74, 6) is -0.192. The van der Waals surface area contributed by atoms with Crippen LogP contribution in [0.25, 0.3) is 0 Å². The van der Waals surface area contributed by atoms with Gasteiger partial charge in [0.05, 0.1) is 74.6 Å². The maximum atomic E-state index is 11.3. The number of carboxylic acid groups (broad SMARTS) is 2. The second kappa shape index (κ2) is 42.6. The third-order valence-corrected chi connectivity index (χ3v) is 20.4. The van der Waals surface area contributed by atoms with E-state index >= 15 is 0 Å². The smallest absolute Gasteiger partial charge is 0.341 e. The van der Waals surface area contributed by atoms with Crippen molar-refractivity contribution in [2.75, 3.05) is 62.6 Å². The predicted molar refractivity (Wildman–Crippen MR) is 393 cm³/mol. The second-order valence-corrected chi connectivity index (χ2v) is 29.7. The number of rotatable bonds is 15. The third-order valence-electron chi connectivity index (χ3n) is 12.2. The molecule has 0 saturated heterocycles. The number of nitrogens with two attached hydrogens (primary N) is 4. The number of anilines is 1. The number of primary amides is 1. The molecule has 7 aromatic rings. The van der Waals surface area contributed by atoms with Crippen molar-refractivity contribution < 1.29 is 98.0 Å². The molecular formula is C61H74Br6ClN5O21S3. The Bertz CT molecular complexity index is 4110. The molecule has 0 aromatic heterocycles. The van der Waals surface area contributed by atoms with Gasteiger partial charge in [0.25, 0.3) is 15.0 Å². The lowest BCUT2D eigenvalue weighted by Crippen LogP contribution is -2.14. The molecule has 26 nitrogen and oxygen atoms in total. The zero-order chi connectivity index (χ0) is 73.4. The lowest BCUT2D eigenvalue weighted by molar-refractivity contribution is -0.136. The molecule has 15 N–H and O–H groups in total. The topological polar surface area (TPSA) is 456 Å². The van der Waals surface area contributed by atoms with E-state index in [0.29, 0.717) is 53.0 Å². The van der Waals surface area contributed by atoms with Crippen molar-refractivity contribution >= 4 is 165 Å². The lowest BCUT2D eigenvalue weighted by Gasteiger charge is -2.10. The molecule has 0 heterocycles. The summed E-state index contributed by atoms with van der Waals surface area (Å²) in [6.07, 6.45) is -0.248. The summed E-state index contributed by atoms with van der Waals surface area (Å²) in [5.41, 5.74) is 18.8. The molecule has 7 aromatic carbocycles. The fourth-order valence-corrected chi connectivity index (χ4v) is 12.3. The van der Waals surface area contributed by atoms with Crippen LogP contribution in [0.4, 0.5) is 5.69 Å². The number of esters is 1. The number of aryl methyl sites for hydroxylation is 6. The molecule has 0 aliphatic heterocycles. The van der Waals surface area contributed by atoms with Crippen LogP contribution < -0.4 is 61.1 Å². The van der Waals surface area contributed by atoms with Gasteiger partial charge in [-0.15, -0.1) is 0 Å². The normalized spacial score (nSPS) is 10.3. The Balaban J connectivity index is 0. The summed E-state index contributed by atoms with van der Waals surface area (Å²) < 4.78 is 111. The molecule has 0 bridgehead atoms. The Morgan fingerprint density at radius 2 is 0.763 bits per heavy atom. The summed E-state index contributed by atoms with van der Waals surface area (Å²) >= 11 is 19.5. The number of nitrogen functional groups attached to an aromatic ring is 1. The Labute approximate surface area is 618 Å². The van der Waals surface area contributed by atoms with Crippen LogP contribution in [-0.2, 0) is 45.0 Å². The van der Waals surface area contributed by atoms with Crippen molar-refractivity contribution in [3.63, 3.8) is 0 Å². The number of methoxy groups -OCH3 is 8. The van der Waals surface area contributed by atoms with E-state index in [4.69, 9.17) is 75.8 Å². The number of hydrogen-bond donors (Lipinski definition) is 7. The molecule has 0 spiro atoms. The first kappa shape index (κ1) is 92.7. The number of carboxylic acids is 2. The molecule has 0 fully saturated rings. The van der Waals surface area contributed by atoms with Crippen molar-refractivity contribution in [3.05, 3.63) is 173 Å². The van der Waals surface area contributed by atoms with Gasteiger partial charge < -0.3 is 71.2 Å². The third kappa shape index (κ3) is 29.6. The number of carbonyl (C=O) groups is 4. The van der Waals surface area contributed by atoms with Gasteiger partial charge in [0, 0.05) is 37.5 Å². The van der Waals surface area contributed by atoms with Gasteiger partial charge in [-0.25, -0.2) is 45.1 Å². The lowest BCUT2D eigenvalue weighted by atomic mass is 10.1. The van der Waals surface area contributed by atoms with Crippen LogP contribution in [0, 0.1) is 41.5 Å². The minimum atomic E-state index is -3.92. The average Bonchev–Trinajstić information content (AvgIpc) is 0.845. The highest BCUT2D eigenvalue weighted by Gasteiger charge is 2.21. The number of benzene rings is 7. The molecule has 36 heteroatoms. The van der Waals surface area contributed by atoms with E-state index in [-0.39, 0.29) is 61.5 Å². The maximum absolute atomic E-state index is 11.3. The molecular weight excluding hydrogens is 1750 g/mol. The van der Waals surface area contributed by atoms with Crippen molar-refractivity contribution in [2.24, 2.45) is 16.0 Å². The fourth-order valence-electron chi connectivity index (χ4n) is 7.19. The molecule has 0 aliphatic rings. The summed E-state index contributed by atoms with van der Waals surface area (Å²) in [6.45, 7) is 11.4. The molecule has 1 amide bonds. The summed E-state index contributed by atoms with van der Waals surface area (Å²) in [5, 5.41) is 27.5. The number of hydrogen-bond acceptors (Lipinski definition) is 20. The second-order valence-electron chi connectivity index (χ2n) is 19.0. The van der Waals surface area contributed by atoms with Crippen LogP contribution in [0.1, 0.15) is 70.0 Å². The van der Waals surface area contributed by atoms with Crippen LogP contribution in [0.2, 0.25) is 0 Å². The van der Waals surface area contributed by atoms with Gasteiger partial charge in [-0.05, 0) is 165 Å². The molecule has 536 valence electrons. The summed E-state index contributed by atoms with van der Waals surface area (Å²) in [4.78, 5) is 43.3. The highest BCUT2D eigenvalue weighted by molar-refractivity contribution is 9.11. The van der Waals surface area contributed by atoms with Crippen LogP contribution in [0.5, 0.6) is 40.2 Å². The van der Waals surface area contributed by atoms with Crippen LogP contribution in [0.15, 0.2) is 133 Å². The molecule has 0 aliphatic carbocycles. The van der Waals surface area contributed by atoms with E-state index in [9.17, 15) is 44.4 Å². The monoisotopic (exact) mass is 1820 g/mol. The standard InChI is InChI=1S/C10H12O3.C9H10BrNO5S.C9H10BrNO2.C9H9BrO3.C8H8BrClO3S.C8H10BrNO3S.C8H10BrNO.H3N.H2O/c1-7-4-5-8(10(11)13-3)9(6-7)12-2;1-16-7-2-5(3-9(12)13)6(10)4-8(7)17(11,14)15;2*1-5-3-8(13-2)6(9(11)12)4-7(5)10;2*1-5-3-7(13-2)8(4-6(5)9)14(10,11)12;1-5-3-8(11-2)7(10)4-6(5)9;;/h4-6H,1-3H3;2,4H,3H2,1H3,(H,12,13)(H2,11,14,15);3-4H,1-2H3,(H2,11,12);3-4H,1-2H3,(H,11,12);3-4H,1-2H3;3-4H,1-2H3,(H2,10,11,12);3-4H,10H2,1-2H3;1H3;1H2. The van der Waals surface area contributed by atoms with E-state index < -0.39 is 46.9 Å². The number of carbonyl (C=O) groups excluding carboxylic acids is 2. The molecule has 97 heavy (non-hydrogen) atoms. The van der Waals surface area contributed by atoms with Crippen LogP contribution >= 0.6 is 106 Å². The summed E-state index contributed by atoms with van der Waals surface area (Å²) in [6, 6.07) is 24.4. The Morgan fingerprint density at radius 1 is 0.443 bits per heavy atom. The number of halogens is 7. The first-order chi connectivity index (χ1) is 43.9. The Kier molecular flexibility index (Phi) is 40.7. The van der Waals surface area contributed by atoms with Crippen molar-refractivity contribution in [1.29, 1.82) is 0 Å². The fraction of sp³-hybridized carbons (Fsp3) is 0.246. The number of aliphatic carboxylic acids is 1. The van der Waals surface area contributed by atoms with Crippen LogP contribution in [0.3, 0.4) is 0 Å². The average molecular weight is 1820 g/mol. The highest BCUT2D eigenvalue weighted by atomic mass is 79.9. The molecule has 0 atom stereocenters. The number of sulfonamides is 2. The zero-order valence-electron chi connectivity index (χ0n) is 54.5. The van der Waals surface area contributed by atoms with Gasteiger partial charge in [0.15, 0.2) is 0 Å². The minimum absolute atomic E-state index is 0. The van der Waals surface area contributed by atoms with Gasteiger partial charge in [0.1, 0.15) is 66.1 Å². The van der Waals surface area contributed by atoms with Gasteiger partial charge >= 0.3 is 17.9 Å². The quantitative estimate of drug-likeness (QED) is 0.0285. The number of primary sulfonamides is 2. The predicted octanol–water partition coefficient (Wildman–Crippen LogP) is 12.6. The molecule has 0 radical (unpaired) electrons. The minimum Gasteiger partial charge on any atom is -0.496 e. The van der Waals surface area contributed by atoms with E-state index in [1.165, 1.54) is 80.1 Å². The molecule has 7 rings (SSSR count). The zero-order valence-corrected chi connectivity index (χ0v) is 67.2. The number of aromatic carboxylic acids is 1. The Morgan fingerprint density at radius 3 is 1.12 bits per heavy atom. The van der Waals surface area contributed by atoms with Crippen molar-refractivity contribution in [1.82, 2.24) is 6.15 Å². The Hall–Kier alpha value is -6.32. The largest absolute Gasteiger partial charge is 0.496 e. The van der Waals surface area contributed by atoms with E-state index in [1.807, 2.05) is 59.7 Å². The summed E-state index contributed by atoms with van der Waals surface area (Å²) in [7, 11) is 5.34. The number of amides is 1. The first-order valence-electron chi connectivity index (χ1n) is 26.2. The van der Waals surface area contributed by atoms with Crippen LogP contribution in [-0.4, -0.2) is 122 Å². The maximum Gasteiger partial charge on any atom is 0.341 e. The van der Waals surface area contributed by atoms with Gasteiger partial charge in [-0.3, -0.25) is 9.59 Å². The highest BCUT2D eigenvalue weighted by Crippen LogP contribution is 2.35. The van der Waals surface area contributed by atoms with Crippen molar-refractivity contribution in [3.8, 4) is 40.2 Å². The van der Waals surface area contributed by atoms with Gasteiger partial charge in [0.2, 0.25) is 20.0 Å².